The highest BCUT2D eigenvalue weighted by Crippen LogP contribution is 2.26. The van der Waals surface area contributed by atoms with Gasteiger partial charge in [0.15, 0.2) is 0 Å². The number of carboxylic acids is 1. The van der Waals surface area contributed by atoms with Gasteiger partial charge >= 0.3 is 5.97 Å². The summed E-state index contributed by atoms with van der Waals surface area (Å²) in [5, 5.41) is 11.8. The van der Waals surface area contributed by atoms with Gasteiger partial charge in [-0.1, -0.05) is 0 Å². The van der Waals surface area contributed by atoms with Crippen LogP contribution < -0.4 is 10.0 Å². The Labute approximate surface area is 164 Å². The van der Waals surface area contributed by atoms with Crippen molar-refractivity contribution in [2.45, 2.75) is 23.8 Å². The van der Waals surface area contributed by atoms with E-state index in [0.29, 0.717) is 29.7 Å². The number of benzene rings is 2. The monoisotopic (exact) mass is 408 g/mol. The lowest BCUT2D eigenvalue weighted by atomic mass is 10.1. The third-order valence-electron chi connectivity index (χ3n) is 4.24. The number of hydrogen-bond donors (Lipinski definition) is 3. The van der Waals surface area contributed by atoms with E-state index in [1.54, 1.807) is 24.3 Å². The lowest BCUT2D eigenvalue weighted by molar-refractivity contribution is 0.0685. The molecule has 2 aromatic rings. The van der Waals surface area contributed by atoms with Gasteiger partial charge in [-0.05, 0) is 55.1 Å². The van der Waals surface area contributed by atoms with E-state index >= 15 is 0 Å². The number of amides is 1. The average molecular weight is 408 g/mol. The van der Waals surface area contributed by atoms with Gasteiger partial charge in [0.2, 0.25) is 0 Å². The van der Waals surface area contributed by atoms with E-state index < -0.39 is 23.2 Å². The number of halogens is 2. The van der Waals surface area contributed by atoms with Gasteiger partial charge in [-0.2, -0.15) is 0 Å². The summed E-state index contributed by atoms with van der Waals surface area (Å²) in [6.07, 6.45) is 1.57. The Bertz CT molecular complexity index is 871. The van der Waals surface area contributed by atoms with Crippen LogP contribution in [0.25, 0.3) is 0 Å². The SMILES string of the molecule is O=C(NC1CCOCC1)c1ccc(SNc2cc(F)c(C(=O)O)cc2F)cc1. The molecule has 0 aliphatic carbocycles. The van der Waals surface area contributed by atoms with Crippen LogP contribution in [0.5, 0.6) is 0 Å². The first kappa shape index (κ1) is 20.1. The van der Waals surface area contributed by atoms with E-state index in [9.17, 15) is 18.4 Å². The Kier molecular flexibility index (Phi) is 6.48. The third kappa shape index (κ3) is 4.99. The highest BCUT2D eigenvalue weighted by Gasteiger charge is 2.17. The van der Waals surface area contributed by atoms with Gasteiger partial charge in [0, 0.05) is 35.8 Å². The van der Waals surface area contributed by atoms with Crippen molar-refractivity contribution in [2.75, 3.05) is 17.9 Å². The molecule has 0 radical (unpaired) electrons. The highest BCUT2D eigenvalue weighted by atomic mass is 32.2. The Morgan fingerprint density at radius 1 is 1.07 bits per heavy atom. The highest BCUT2D eigenvalue weighted by molar-refractivity contribution is 8.00. The van der Waals surface area contributed by atoms with Crippen LogP contribution in [0, 0.1) is 11.6 Å². The fourth-order valence-corrected chi connectivity index (χ4v) is 3.34. The number of carbonyl (C=O) groups is 2. The molecular weight excluding hydrogens is 390 g/mol. The molecule has 1 fully saturated rings. The van der Waals surface area contributed by atoms with E-state index in [-0.39, 0.29) is 17.6 Å². The van der Waals surface area contributed by atoms with Crippen LogP contribution >= 0.6 is 11.9 Å². The van der Waals surface area contributed by atoms with Crippen molar-refractivity contribution in [3.05, 3.63) is 59.2 Å². The number of rotatable bonds is 6. The molecule has 1 aliphatic rings. The quantitative estimate of drug-likeness (QED) is 0.632. The molecule has 0 spiro atoms. The second kappa shape index (κ2) is 9.03. The molecule has 1 saturated heterocycles. The third-order valence-corrected chi connectivity index (χ3v) is 5.07. The Morgan fingerprint density at radius 2 is 1.75 bits per heavy atom. The number of nitrogens with one attached hydrogen (secondary N) is 2. The van der Waals surface area contributed by atoms with Crippen molar-refractivity contribution < 1.29 is 28.2 Å². The van der Waals surface area contributed by atoms with Crippen molar-refractivity contribution in [1.29, 1.82) is 0 Å². The van der Waals surface area contributed by atoms with Crippen LogP contribution in [0.2, 0.25) is 0 Å². The number of carbonyl (C=O) groups excluding carboxylic acids is 1. The van der Waals surface area contributed by atoms with Gasteiger partial charge in [0.1, 0.15) is 11.6 Å². The molecule has 0 atom stereocenters. The fourth-order valence-electron chi connectivity index (χ4n) is 2.69. The maximum Gasteiger partial charge on any atom is 0.338 e. The number of aromatic carboxylic acids is 1. The van der Waals surface area contributed by atoms with Gasteiger partial charge < -0.3 is 19.9 Å². The second-order valence-electron chi connectivity index (χ2n) is 6.21. The Hall–Kier alpha value is -2.65. The van der Waals surface area contributed by atoms with Gasteiger partial charge in [-0.15, -0.1) is 0 Å². The molecule has 148 valence electrons. The summed E-state index contributed by atoms with van der Waals surface area (Å²) in [4.78, 5) is 23.7. The van der Waals surface area contributed by atoms with E-state index in [0.717, 1.165) is 30.9 Å². The van der Waals surface area contributed by atoms with Crippen molar-refractivity contribution in [3.8, 4) is 0 Å². The van der Waals surface area contributed by atoms with Crippen LogP contribution in [0.4, 0.5) is 14.5 Å². The molecule has 28 heavy (non-hydrogen) atoms. The number of anilines is 1. The minimum absolute atomic E-state index is 0.101. The zero-order chi connectivity index (χ0) is 20.1. The zero-order valence-electron chi connectivity index (χ0n) is 14.7. The summed E-state index contributed by atoms with van der Waals surface area (Å²) < 4.78 is 35.5. The summed E-state index contributed by atoms with van der Waals surface area (Å²) in [6, 6.07) is 8.16. The van der Waals surface area contributed by atoms with E-state index in [1.807, 2.05) is 0 Å². The minimum Gasteiger partial charge on any atom is -0.478 e. The molecule has 1 amide bonds. The predicted molar refractivity (Wildman–Crippen MR) is 101 cm³/mol. The Morgan fingerprint density at radius 3 is 2.39 bits per heavy atom. The molecule has 0 saturated carbocycles. The van der Waals surface area contributed by atoms with E-state index in [2.05, 4.69) is 10.0 Å². The van der Waals surface area contributed by atoms with Gasteiger partial charge in [-0.25, -0.2) is 13.6 Å². The van der Waals surface area contributed by atoms with E-state index in [4.69, 9.17) is 9.84 Å². The first-order valence-electron chi connectivity index (χ1n) is 8.58. The molecule has 1 heterocycles. The van der Waals surface area contributed by atoms with Gasteiger partial charge in [0.05, 0.1) is 11.3 Å². The number of ether oxygens (including phenoxy) is 1. The molecule has 3 rings (SSSR count). The Balaban J connectivity index is 1.59. The summed E-state index contributed by atoms with van der Waals surface area (Å²) >= 11 is 1.01. The van der Waals surface area contributed by atoms with Gasteiger partial charge in [-0.3, -0.25) is 4.79 Å². The lowest BCUT2D eigenvalue weighted by Gasteiger charge is -2.23. The number of hydrogen-bond acceptors (Lipinski definition) is 5. The van der Waals surface area contributed by atoms with Gasteiger partial charge in [0.25, 0.3) is 5.91 Å². The maximum atomic E-state index is 13.9. The zero-order valence-corrected chi connectivity index (χ0v) is 15.5. The first-order chi connectivity index (χ1) is 13.4. The maximum absolute atomic E-state index is 13.9. The summed E-state index contributed by atoms with van der Waals surface area (Å²) in [6.45, 7) is 1.27. The van der Waals surface area contributed by atoms with Crippen LogP contribution in [-0.2, 0) is 4.74 Å². The van der Waals surface area contributed by atoms with Crippen LogP contribution in [0.3, 0.4) is 0 Å². The molecule has 3 N–H and O–H groups in total. The van der Waals surface area contributed by atoms with Crippen LogP contribution in [-0.4, -0.2) is 36.2 Å². The predicted octanol–water partition coefficient (Wildman–Crippen LogP) is 3.69. The summed E-state index contributed by atoms with van der Waals surface area (Å²) in [5.41, 5.74) is -0.402. The topological polar surface area (TPSA) is 87.7 Å². The lowest BCUT2D eigenvalue weighted by Crippen LogP contribution is -2.38. The molecule has 0 bridgehead atoms. The second-order valence-corrected chi connectivity index (χ2v) is 7.09. The smallest absolute Gasteiger partial charge is 0.338 e. The molecule has 9 heteroatoms. The van der Waals surface area contributed by atoms with Crippen molar-refractivity contribution in [1.82, 2.24) is 5.32 Å². The molecular formula is C19H18F2N2O4S. The molecule has 6 nitrogen and oxygen atoms in total. The van der Waals surface area contributed by atoms with Crippen LogP contribution in [0.1, 0.15) is 33.6 Å². The minimum atomic E-state index is -1.54. The summed E-state index contributed by atoms with van der Waals surface area (Å²) in [7, 11) is 0. The molecule has 2 aromatic carbocycles. The fraction of sp³-hybridized carbons (Fsp3) is 0.263. The van der Waals surface area contributed by atoms with Crippen LogP contribution in [0.15, 0.2) is 41.3 Å². The normalized spacial score (nSPS) is 14.5. The average Bonchev–Trinajstić information content (AvgIpc) is 2.69. The summed E-state index contributed by atoms with van der Waals surface area (Å²) in [5.74, 6) is -3.62. The molecule has 1 aliphatic heterocycles. The van der Waals surface area contributed by atoms with E-state index in [1.165, 1.54) is 0 Å². The first-order valence-corrected chi connectivity index (χ1v) is 9.39. The largest absolute Gasteiger partial charge is 0.478 e. The molecule has 0 unspecified atom stereocenters. The van der Waals surface area contributed by atoms with Crippen molar-refractivity contribution in [2.24, 2.45) is 0 Å². The van der Waals surface area contributed by atoms with Crippen molar-refractivity contribution >= 4 is 29.5 Å². The molecule has 0 aromatic heterocycles. The standard InChI is InChI=1S/C19H18F2N2O4S/c20-15-10-17(16(21)9-14(15)19(25)26)23-28-13-3-1-11(2-4-13)18(24)22-12-5-7-27-8-6-12/h1-4,9-10,12,23H,5-8H2,(H,22,24)(H,25,26). The van der Waals surface area contributed by atoms with Crippen molar-refractivity contribution in [3.63, 3.8) is 0 Å². The number of carboxylic acid groups (broad SMARTS) is 1.